The van der Waals surface area contributed by atoms with Gasteiger partial charge in [-0.05, 0) is 0 Å². The van der Waals surface area contributed by atoms with Crippen LogP contribution in [-0.2, 0) is 9.59 Å². The van der Waals surface area contributed by atoms with Crippen LogP contribution in [0.25, 0.3) is 0 Å². The first-order valence-electron chi connectivity index (χ1n) is 3.65. The number of terminal acetylenes is 1. The maximum atomic E-state index is 10.3. The maximum absolute atomic E-state index is 10.3. The molecule has 0 saturated heterocycles. The average Bonchev–Trinajstić information content (AvgIpc) is 1.99. The van der Waals surface area contributed by atoms with Crippen LogP contribution in [0.4, 0.5) is 0 Å². The minimum absolute atomic E-state index is 0.102. The molecule has 2 N–H and O–H groups in total. The van der Waals surface area contributed by atoms with Crippen LogP contribution in [-0.4, -0.2) is 46.7 Å². The van der Waals surface area contributed by atoms with Crippen molar-refractivity contribution in [2.24, 2.45) is 0 Å². The molecule has 0 aromatic carbocycles. The highest BCUT2D eigenvalue weighted by atomic mass is 16.4. The molecule has 0 heterocycles. The fourth-order valence-corrected chi connectivity index (χ4v) is 0.788. The maximum Gasteiger partial charge on any atom is 0.317 e. The second kappa shape index (κ2) is 6.03. The molecule has 5 nitrogen and oxygen atoms in total. The van der Waals surface area contributed by atoms with Gasteiger partial charge >= 0.3 is 11.9 Å². The summed E-state index contributed by atoms with van der Waals surface area (Å²) in [7, 11) is 0. The lowest BCUT2D eigenvalue weighted by Gasteiger charge is -2.15. The summed E-state index contributed by atoms with van der Waals surface area (Å²) in [6.45, 7) is 0.0862. The molecule has 0 spiro atoms. The molecule has 0 aliphatic rings. The van der Waals surface area contributed by atoms with Crippen LogP contribution in [0.5, 0.6) is 0 Å². The van der Waals surface area contributed by atoms with Gasteiger partial charge in [-0.2, -0.15) is 0 Å². The quantitative estimate of drug-likeness (QED) is 0.544. The molecule has 0 aromatic rings. The van der Waals surface area contributed by atoms with Gasteiger partial charge in [0, 0.05) is 6.54 Å². The van der Waals surface area contributed by atoms with Crippen molar-refractivity contribution in [3.8, 4) is 12.3 Å². The number of carboxylic acid groups (broad SMARTS) is 2. The van der Waals surface area contributed by atoms with E-state index in [1.54, 1.807) is 0 Å². The van der Waals surface area contributed by atoms with Crippen LogP contribution in [0.15, 0.2) is 0 Å². The number of aliphatic carboxylic acids is 2. The van der Waals surface area contributed by atoms with Gasteiger partial charge in [-0.25, -0.2) is 0 Å². The zero-order valence-electron chi connectivity index (χ0n) is 7.06. The normalized spacial score (nSPS) is 9.54. The van der Waals surface area contributed by atoms with Crippen molar-refractivity contribution in [3.63, 3.8) is 0 Å². The number of nitrogens with zero attached hydrogens (tertiary/aromatic N) is 1. The first-order chi connectivity index (χ1) is 6.06. The van der Waals surface area contributed by atoms with Crippen molar-refractivity contribution in [3.05, 3.63) is 0 Å². The zero-order valence-corrected chi connectivity index (χ0v) is 7.06. The van der Waals surface area contributed by atoms with Crippen LogP contribution < -0.4 is 0 Å². The lowest BCUT2D eigenvalue weighted by molar-refractivity contribution is -0.140. The predicted molar refractivity (Wildman–Crippen MR) is 45.2 cm³/mol. The Labute approximate surface area is 76.0 Å². The largest absolute Gasteiger partial charge is 0.481 e. The Bertz CT molecular complexity index is 231. The summed E-state index contributed by atoms with van der Waals surface area (Å²) >= 11 is 0. The Kier molecular flexibility index (Phi) is 5.32. The van der Waals surface area contributed by atoms with Gasteiger partial charge in [-0.3, -0.25) is 14.5 Å². The Morgan fingerprint density at radius 2 is 1.92 bits per heavy atom. The smallest absolute Gasteiger partial charge is 0.317 e. The molecule has 13 heavy (non-hydrogen) atoms. The molecular weight excluding hydrogens is 174 g/mol. The summed E-state index contributed by atoms with van der Waals surface area (Å²) in [6, 6.07) is 0. The average molecular weight is 185 g/mol. The molecule has 0 radical (unpaired) electrons. The van der Waals surface area contributed by atoms with E-state index >= 15 is 0 Å². The first-order valence-corrected chi connectivity index (χ1v) is 3.65. The lowest BCUT2D eigenvalue weighted by atomic mass is 10.3. The summed E-state index contributed by atoms with van der Waals surface area (Å²) < 4.78 is 0. The summed E-state index contributed by atoms with van der Waals surface area (Å²) in [5.41, 5.74) is 0. The molecule has 0 rings (SSSR count). The Morgan fingerprint density at radius 3 is 2.31 bits per heavy atom. The van der Waals surface area contributed by atoms with E-state index in [0.717, 1.165) is 0 Å². The fourth-order valence-electron chi connectivity index (χ4n) is 0.788. The molecule has 0 aromatic heterocycles. The number of carboxylic acids is 2. The topological polar surface area (TPSA) is 77.8 Å². The van der Waals surface area contributed by atoms with Gasteiger partial charge in [0.05, 0.1) is 19.5 Å². The molecule has 5 heteroatoms. The van der Waals surface area contributed by atoms with Crippen molar-refractivity contribution in [1.82, 2.24) is 4.90 Å². The van der Waals surface area contributed by atoms with Crippen molar-refractivity contribution >= 4 is 11.9 Å². The van der Waals surface area contributed by atoms with Crippen molar-refractivity contribution in [1.29, 1.82) is 0 Å². The fraction of sp³-hybridized carbons (Fsp3) is 0.500. The SMILES string of the molecule is C#CCN(CCC(=O)O)CC(=O)O. The summed E-state index contributed by atoms with van der Waals surface area (Å²) in [5.74, 6) is 0.288. The van der Waals surface area contributed by atoms with E-state index in [-0.39, 0.29) is 26.1 Å². The molecule has 0 bridgehead atoms. The molecule has 0 fully saturated rings. The molecule has 0 aliphatic carbocycles. The summed E-state index contributed by atoms with van der Waals surface area (Å²) in [5, 5.41) is 16.8. The van der Waals surface area contributed by atoms with E-state index in [2.05, 4.69) is 5.92 Å². The van der Waals surface area contributed by atoms with Gasteiger partial charge in [0.1, 0.15) is 0 Å². The minimum Gasteiger partial charge on any atom is -0.481 e. The van der Waals surface area contributed by atoms with Gasteiger partial charge in [-0.15, -0.1) is 6.42 Å². The van der Waals surface area contributed by atoms with Crippen LogP contribution in [0.1, 0.15) is 6.42 Å². The van der Waals surface area contributed by atoms with Crippen LogP contribution >= 0.6 is 0 Å². The molecule has 72 valence electrons. The highest BCUT2D eigenvalue weighted by molar-refractivity contribution is 5.69. The van der Waals surface area contributed by atoms with Crippen LogP contribution in [0, 0.1) is 12.3 Å². The molecule has 0 amide bonds. The van der Waals surface area contributed by atoms with Gasteiger partial charge < -0.3 is 10.2 Å². The van der Waals surface area contributed by atoms with Crippen molar-refractivity contribution in [2.45, 2.75) is 6.42 Å². The van der Waals surface area contributed by atoms with Gasteiger partial charge in [0.2, 0.25) is 0 Å². The van der Waals surface area contributed by atoms with Gasteiger partial charge in [0.15, 0.2) is 0 Å². The lowest BCUT2D eigenvalue weighted by Crippen LogP contribution is -2.32. The Hall–Kier alpha value is -1.54. The van der Waals surface area contributed by atoms with E-state index in [0.29, 0.717) is 0 Å². The summed E-state index contributed by atoms with van der Waals surface area (Å²) in [4.78, 5) is 21.8. The first kappa shape index (κ1) is 11.5. The third-order valence-corrected chi connectivity index (χ3v) is 1.32. The molecule has 0 aliphatic heterocycles. The summed E-state index contributed by atoms with van der Waals surface area (Å²) in [6.07, 6.45) is 4.88. The number of hydrogen-bond acceptors (Lipinski definition) is 3. The van der Waals surface area contributed by atoms with Crippen LogP contribution in [0.2, 0.25) is 0 Å². The highest BCUT2D eigenvalue weighted by Gasteiger charge is 2.09. The van der Waals surface area contributed by atoms with Crippen LogP contribution in [0.3, 0.4) is 0 Å². The van der Waals surface area contributed by atoms with Crippen molar-refractivity contribution in [2.75, 3.05) is 19.6 Å². The van der Waals surface area contributed by atoms with Crippen molar-refractivity contribution < 1.29 is 19.8 Å². The zero-order chi connectivity index (χ0) is 10.3. The number of hydrogen-bond donors (Lipinski definition) is 2. The van der Waals surface area contributed by atoms with Gasteiger partial charge in [0.25, 0.3) is 0 Å². The Morgan fingerprint density at radius 1 is 1.31 bits per heavy atom. The minimum atomic E-state index is -1.01. The Balaban J connectivity index is 3.88. The third kappa shape index (κ3) is 6.84. The monoisotopic (exact) mass is 185 g/mol. The second-order valence-electron chi connectivity index (χ2n) is 2.45. The number of rotatable bonds is 6. The predicted octanol–water partition coefficient (Wildman–Crippen LogP) is -0.519. The van der Waals surface area contributed by atoms with E-state index in [1.807, 2.05) is 0 Å². The molecule has 0 unspecified atom stereocenters. The molecule has 0 saturated carbocycles. The highest BCUT2D eigenvalue weighted by Crippen LogP contribution is 1.90. The van der Waals surface area contributed by atoms with Gasteiger partial charge in [-0.1, -0.05) is 5.92 Å². The molecule has 0 atom stereocenters. The van der Waals surface area contributed by atoms with E-state index < -0.39 is 11.9 Å². The van der Waals surface area contributed by atoms with E-state index in [4.69, 9.17) is 16.6 Å². The third-order valence-electron chi connectivity index (χ3n) is 1.32. The number of carbonyl (C=O) groups is 2. The standard InChI is InChI=1S/C8H11NO4/c1-2-4-9(6-8(12)13)5-3-7(10)11/h1H,3-6H2,(H,10,11)(H,12,13). The second-order valence-corrected chi connectivity index (χ2v) is 2.45. The van der Waals surface area contributed by atoms with E-state index in [1.165, 1.54) is 4.90 Å². The van der Waals surface area contributed by atoms with E-state index in [9.17, 15) is 9.59 Å². The molecular formula is C8H11NO4.